The topological polar surface area (TPSA) is 69.9 Å². The molecule has 0 unspecified atom stereocenters. The van der Waals surface area contributed by atoms with Gasteiger partial charge in [0.25, 0.3) is 0 Å². The van der Waals surface area contributed by atoms with Crippen LogP contribution in [0.2, 0.25) is 0 Å². The zero-order valence-corrected chi connectivity index (χ0v) is 17.5. The van der Waals surface area contributed by atoms with Gasteiger partial charge in [-0.05, 0) is 74.4 Å². The van der Waals surface area contributed by atoms with Crippen molar-refractivity contribution in [3.8, 4) is 23.0 Å². The second-order valence-corrected chi connectivity index (χ2v) is 7.48. The summed E-state index contributed by atoms with van der Waals surface area (Å²) in [5.74, 6) is 0.175. The Labute approximate surface area is 173 Å². The molecule has 0 spiro atoms. The summed E-state index contributed by atoms with van der Waals surface area (Å²) >= 11 is 0. The van der Waals surface area contributed by atoms with Gasteiger partial charge >= 0.3 is 0 Å². The van der Waals surface area contributed by atoms with Crippen molar-refractivity contribution in [1.82, 2.24) is 0 Å². The van der Waals surface area contributed by atoms with Gasteiger partial charge in [-0.25, -0.2) is 0 Å². The van der Waals surface area contributed by atoms with Crippen molar-refractivity contribution in [2.24, 2.45) is 0 Å². The number of allylic oxidation sites excluding steroid dienone is 2. The van der Waals surface area contributed by atoms with Crippen LogP contribution in [0, 0.1) is 0 Å². The Morgan fingerprint density at radius 2 is 1.59 bits per heavy atom. The van der Waals surface area contributed by atoms with Crippen molar-refractivity contribution < 1.29 is 20.1 Å². The van der Waals surface area contributed by atoms with Crippen LogP contribution in [0.25, 0.3) is 12.2 Å². The standard InChI is InChI=1S/C25H30O4/c1-16(2)6-10-20-14-18(9-13-22(20)26)8-11-19-15-23(27)25(29-5)24(28)21(19)12-7-17(3)4/h8-9,11,13-15,26-28H,1,3,6-7,10,12H2,2,4-5H3. The molecule has 3 N–H and O–H groups in total. The van der Waals surface area contributed by atoms with Crippen molar-refractivity contribution in [1.29, 1.82) is 0 Å². The molecule has 0 aliphatic rings. The van der Waals surface area contributed by atoms with Crippen molar-refractivity contribution in [2.75, 3.05) is 7.11 Å². The molecule has 2 aromatic carbocycles. The lowest BCUT2D eigenvalue weighted by Crippen LogP contribution is -1.95. The van der Waals surface area contributed by atoms with Gasteiger partial charge in [0.15, 0.2) is 11.5 Å². The summed E-state index contributed by atoms with van der Waals surface area (Å²) < 4.78 is 5.13. The molecule has 0 bridgehead atoms. The maximum atomic E-state index is 10.6. The molecule has 0 saturated carbocycles. The quantitative estimate of drug-likeness (QED) is 0.360. The molecular formula is C25H30O4. The maximum Gasteiger partial charge on any atom is 0.203 e. The summed E-state index contributed by atoms with van der Waals surface area (Å²) in [7, 11) is 1.41. The number of ether oxygens (including phenoxy) is 1. The van der Waals surface area contributed by atoms with E-state index < -0.39 is 0 Å². The molecule has 0 radical (unpaired) electrons. The first kappa shape index (κ1) is 22.2. The fraction of sp³-hybridized carbons (Fsp3) is 0.280. The summed E-state index contributed by atoms with van der Waals surface area (Å²) in [5.41, 5.74) is 5.25. The number of rotatable bonds is 9. The van der Waals surface area contributed by atoms with Crippen molar-refractivity contribution in [3.05, 3.63) is 70.8 Å². The van der Waals surface area contributed by atoms with Crippen LogP contribution in [0.4, 0.5) is 0 Å². The van der Waals surface area contributed by atoms with Gasteiger partial charge in [-0.15, -0.1) is 13.2 Å². The van der Waals surface area contributed by atoms with Crippen LogP contribution in [-0.2, 0) is 12.8 Å². The highest BCUT2D eigenvalue weighted by Crippen LogP contribution is 2.42. The van der Waals surface area contributed by atoms with Gasteiger partial charge in [0.1, 0.15) is 5.75 Å². The van der Waals surface area contributed by atoms with Crippen LogP contribution in [0.5, 0.6) is 23.0 Å². The summed E-state index contributed by atoms with van der Waals surface area (Å²) in [6.07, 6.45) is 6.57. The molecule has 0 amide bonds. The van der Waals surface area contributed by atoms with E-state index in [1.165, 1.54) is 7.11 Å². The number of phenols is 3. The van der Waals surface area contributed by atoms with E-state index in [2.05, 4.69) is 13.2 Å². The molecule has 0 aromatic heterocycles. The van der Waals surface area contributed by atoms with Gasteiger partial charge in [0.2, 0.25) is 5.75 Å². The lowest BCUT2D eigenvalue weighted by molar-refractivity contribution is 0.342. The summed E-state index contributed by atoms with van der Waals surface area (Å²) in [6, 6.07) is 7.03. The van der Waals surface area contributed by atoms with Gasteiger partial charge in [0.05, 0.1) is 7.11 Å². The minimum atomic E-state index is -0.114. The second kappa shape index (κ2) is 9.87. The Balaban J connectivity index is 2.39. The van der Waals surface area contributed by atoms with E-state index in [9.17, 15) is 15.3 Å². The number of aryl methyl sites for hydroxylation is 1. The molecule has 29 heavy (non-hydrogen) atoms. The monoisotopic (exact) mass is 394 g/mol. The number of methoxy groups -OCH3 is 1. The van der Waals surface area contributed by atoms with E-state index >= 15 is 0 Å². The number of benzene rings is 2. The van der Waals surface area contributed by atoms with Crippen LogP contribution < -0.4 is 4.74 Å². The minimum absolute atomic E-state index is 0.0544. The first-order valence-electron chi connectivity index (χ1n) is 9.63. The molecule has 154 valence electrons. The lowest BCUT2D eigenvalue weighted by atomic mass is 9.97. The Morgan fingerprint density at radius 1 is 0.931 bits per heavy atom. The van der Waals surface area contributed by atoms with Gasteiger partial charge < -0.3 is 20.1 Å². The molecule has 2 rings (SSSR count). The first-order valence-corrected chi connectivity index (χ1v) is 9.63. The molecule has 0 aliphatic carbocycles. The van der Waals surface area contributed by atoms with E-state index in [4.69, 9.17) is 4.74 Å². The molecule has 0 aliphatic heterocycles. The smallest absolute Gasteiger partial charge is 0.203 e. The Kier molecular flexibility index (Phi) is 7.54. The van der Waals surface area contributed by atoms with Crippen LogP contribution in [0.1, 0.15) is 48.9 Å². The van der Waals surface area contributed by atoms with Crippen LogP contribution in [-0.4, -0.2) is 22.4 Å². The predicted molar refractivity (Wildman–Crippen MR) is 120 cm³/mol. The Morgan fingerprint density at radius 3 is 2.21 bits per heavy atom. The van der Waals surface area contributed by atoms with Crippen molar-refractivity contribution >= 4 is 12.2 Å². The summed E-state index contributed by atoms with van der Waals surface area (Å²) in [6.45, 7) is 11.7. The Bertz CT molecular complexity index is 938. The van der Waals surface area contributed by atoms with E-state index in [0.717, 1.165) is 35.1 Å². The number of aromatic hydroxyl groups is 3. The average Bonchev–Trinajstić information content (AvgIpc) is 2.65. The third-order valence-electron chi connectivity index (χ3n) is 4.76. The lowest BCUT2D eigenvalue weighted by Gasteiger charge is -2.14. The molecule has 2 aromatic rings. The number of phenolic OH excluding ortho intramolecular Hbond substituents is 3. The molecule has 0 fully saturated rings. The minimum Gasteiger partial charge on any atom is -0.508 e. The summed E-state index contributed by atoms with van der Waals surface area (Å²) in [4.78, 5) is 0. The van der Waals surface area contributed by atoms with E-state index in [1.807, 2.05) is 38.1 Å². The zero-order chi connectivity index (χ0) is 21.6. The maximum absolute atomic E-state index is 10.6. The SMILES string of the molecule is C=C(C)CCc1cc(C=Cc2cc(O)c(OC)c(O)c2CCC(=C)C)ccc1O. The van der Waals surface area contributed by atoms with E-state index in [-0.39, 0.29) is 23.0 Å². The molecule has 4 nitrogen and oxygen atoms in total. The van der Waals surface area contributed by atoms with Gasteiger partial charge in [-0.3, -0.25) is 0 Å². The molecule has 4 heteroatoms. The third-order valence-corrected chi connectivity index (χ3v) is 4.76. The van der Waals surface area contributed by atoms with Crippen LogP contribution >= 0.6 is 0 Å². The normalized spacial score (nSPS) is 11.0. The molecule has 0 saturated heterocycles. The number of hydrogen-bond donors (Lipinski definition) is 3. The molecular weight excluding hydrogens is 364 g/mol. The van der Waals surface area contributed by atoms with Crippen LogP contribution in [0.3, 0.4) is 0 Å². The fourth-order valence-corrected chi connectivity index (χ4v) is 3.09. The van der Waals surface area contributed by atoms with Gasteiger partial charge in [0, 0.05) is 5.56 Å². The highest BCUT2D eigenvalue weighted by atomic mass is 16.5. The highest BCUT2D eigenvalue weighted by Gasteiger charge is 2.17. The largest absolute Gasteiger partial charge is 0.508 e. The van der Waals surface area contributed by atoms with Crippen molar-refractivity contribution in [2.45, 2.75) is 39.5 Å². The van der Waals surface area contributed by atoms with E-state index in [1.54, 1.807) is 12.1 Å². The van der Waals surface area contributed by atoms with Crippen LogP contribution in [0.15, 0.2) is 48.6 Å². The second-order valence-electron chi connectivity index (χ2n) is 7.48. The fourth-order valence-electron chi connectivity index (χ4n) is 3.09. The predicted octanol–water partition coefficient (Wildman–Crippen LogP) is 6.00. The summed E-state index contributed by atoms with van der Waals surface area (Å²) in [5, 5.41) is 30.9. The number of hydrogen-bond acceptors (Lipinski definition) is 4. The average molecular weight is 395 g/mol. The third kappa shape index (κ3) is 5.92. The van der Waals surface area contributed by atoms with Gasteiger partial charge in [-0.2, -0.15) is 0 Å². The molecule has 0 heterocycles. The highest BCUT2D eigenvalue weighted by molar-refractivity contribution is 5.75. The van der Waals surface area contributed by atoms with E-state index in [0.29, 0.717) is 24.0 Å². The Hall–Kier alpha value is -3.14. The van der Waals surface area contributed by atoms with Crippen molar-refractivity contribution in [3.63, 3.8) is 0 Å². The first-order chi connectivity index (χ1) is 13.7. The molecule has 0 atom stereocenters. The van der Waals surface area contributed by atoms with Gasteiger partial charge in [-0.1, -0.05) is 29.4 Å². The zero-order valence-electron chi connectivity index (χ0n) is 17.5.